The van der Waals surface area contributed by atoms with Crippen LogP contribution in [0.25, 0.3) is 0 Å². The van der Waals surface area contributed by atoms with E-state index in [1.54, 1.807) is 0 Å². The van der Waals surface area contributed by atoms with E-state index < -0.39 is 5.97 Å². The van der Waals surface area contributed by atoms with Crippen molar-refractivity contribution in [3.8, 4) is 0 Å². The maximum absolute atomic E-state index is 11.4. The third-order valence-corrected chi connectivity index (χ3v) is 2.73. The van der Waals surface area contributed by atoms with Crippen LogP contribution in [0.2, 0.25) is 0 Å². The molecule has 1 N–H and O–H groups in total. The van der Waals surface area contributed by atoms with Gasteiger partial charge in [-0.2, -0.15) is 0 Å². The summed E-state index contributed by atoms with van der Waals surface area (Å²) in [5.74, 6) is -1.49. The molecule has 0 amide bonds. The summed E-state index contributed by atoms with van der Waals surface area (Å²) >= 11 is 0. The molecule has 1 aliphatic carbocycles. The Kier molecular flexibility index (Phi) is 4.55. The minimum atomic E-state index is -0.765. The maximum Gasteiger partial charge on any atom is 0.311 e. The van der Waals surface area contributed by atoms with Crippen molar-refractivity contribution in [2.24, 2.45) is 11.8 Å². The average molecular weight is 216 g/mol. The predicted molar refractivity (Wildman–Crippen MR) is 51.1 cm³/mol. The average Bonchev–Trinajstić information content (AvgIpc) is 2.26. The zero-order valence-corrected chi connectivity index (χ0v) is 8.77. The topological polar surface area (TPSA) is 72.8 Å². The van der Waals surface area contributed by atoms with Crippen molar-refractivity contribution in [3.05, 3.63) is 0 Å². The van der Waals surface area contributed by atoms with E-state index in [4.69, 9.17) is 9.84 Å². The first-order valence-electron chi connectivity index (χ1n) is 5.03. The molecule has 1 saturated carbocycles. The summed E-state index contributed by atoms with van der Waals surface area (Å²) in [5, 5.41) is 8.77. The zero-order valence-electron chi connectivity index (χ0n) is 8.77. The van der Waals surface area contributed by atoms with Crippen LogP contribution in [0.4, 0.5) is 0 Å². The normalized spacial score (nSPS) is 25.9. The largest absolute Gasteiger partial charge is 0.481 e. The number of carbonyl (C=O) groups is 2. The summed E-state index contributed by atoms with van der Waals surface area (Å²) in [7, 11) is 1.45. The van der Waals surface area contributed by atoms with Crippen molar-refractivity contribution in [1.29, 1.82) is 0 Å². The summed E-state index contributed by atoms with van der Waals surface area (Å²) in [6.45, 7) is -0.0301. The molecule has 5 nitrogen and oxygen atoms in total. The van der Waals surface area contributed by atoms with E-state index in [1.165, 1.54) is 7.11 Å². The van der Waals surface area contributed by atoms with Gasteiger partial charge in [-0.3, -0.25) is 9.59 Å². The second kappa shape index (κ2) is 5.70. The zero-order chi connectivity index (χ0) is 11.3. The second-order valence-corrected chi connectivity index (χ2v) is 3.76. The first-order chi connectivity index (χ1) is 7.15. The fourth-order valence-electron chi connectivity index (χ4n) is 1.81. The Morgan fingerprint density at radius 3 is 2.20 bits per heavy atom. The van der Waals surface area contributed by atoms with Crippen molar-refractivity contribution in [1.82, 2.24) is 0 Å². The number of ether oxygens (including phenoxy) is 2. The molecule has 5 heteroatoms. The van der Waals surface area contributed by atoms with Gasteiger partial charge in [0.2, 0.25) is 0 Å². The molecule has 0 aromatic rings. The molecule has 0 heterocycles. The fourth-order valence-corrected chi connectivity index (χ4v) is 1.81. The Hall–Kier alpha value is -1.10. The third-order valence-electron chi connectivity index (χ3n) is 2.73. The second-order valence-electron chi connectivity index (χ2n) is 3.76. The van der Waals surface area contributed by atoms with Gasteiger partial charge in [0.15, 0.2) is 6.79 Å². The lowest BCUT2D eigenvalue weighted by Crippen LogP contribution is -2.27. The van der Waals surface area contributed by atoms with Crippen molar-refractivity contribution >= 4 is 11.9 Å². The van der Waals surface area contributed by atoms with Crippen molar-refractivity contribution in [2.75, 3.05) is 13.9 Å². The van der Waals surface area contributed by atoms with Crippen LogP contribution in [0.1, 0.15) is 25.7 Å². The van der Waals surface area contributed by atoms with Gasteiger partial charge in [-0.1, -0.05) is 0 Å². The molecule has 0 saturated heterocycles. The van der Waals surface area contributed by atoms with Crippen LogP contribution in [0.5, 0.6) is 0 Å². The number of carboxylic acids is 1. The van der Waals surface area contributed by atoms with Crippen LogP contribution in [-0.4, -0.2) is 30.9 Å². The van der Waals surface area contributed by atoms with Crippen molar-refractivity contribution in [2.45, 2.75) is 25.7 Å². The van der Waals surface area contributed by atoms with E-state index >= 15 is 0 Å². The highest BCUT2D eigenvalue weighted by Crippen LogP contribution is 2.29. The van der Waals surface area contributed by atoms with Crippen LogP contribution in [0.3, 0.4) is 0 Å². The molecule has 86 valence electrons. The molecule has 1 aliphatic rings. The molecule has 1 rings (SSSR count). The van der Waals surface area contributed by atoms with Crippen molar-refractivity contribution in [3.63, 3.8) is 0 Å². The van der Waals surface area contributed by atoms with Crippen LogP contribution < -0.4 is 0 Å². The number of rotatable bonds is 4. The van der Waals surface area contributed by atoms with E-state index in [0.29, 0.717) is 25.7 Å². The number of aliphatic carboxylic acids is 1. The molecule has 0 spiro atoms. The minimum absolute atomic E-state index is 0.0301. The lowest BCUT2D eigenvalue weighted by atomic mass is 9.82. The SMILES string of the molecule is COCOC(=O)C1CCC(C(=O)O)CC1. The molecule has 0 aromatic carbocycles. The van der Waals surface area contributed by atoms with Crippen LogP contribution >= 0.6 is 0 Å². The Balaban J connectivity index is 2.30. The first-order valence-corrected chi connectivity index (χ1v) is 5.03. The summed E-state index contributed by atoms with van der Waals surface area (Å²) in [6, 6.07) is 0. The highest BCUT2D eigenvalue weighted by Gasteiger charge is 2.30. The van der Waals surface area contributed by atoms with Gasteiger partial charge >= 0.3 is 11.9 Å². The Bertz CT molecular complexity index is 230. The van der Waals surface area contributed by atoms with Gasteiger partial charge in [-0.05, 0) is 25.7 Å². The Morgan fingerprint density at radius 2 is 1.73 bits per heavy atom. The molecule has 0 bridgehead atoms. The molecule has 0 aromatic heterocycles. The Labute approximate surface area is 88.4 Å². The van der Waals surface area contributed by atoms with E-state index in [1.807, 2.05) is 0 Å². The van der Waals surface area contributed by atoms with Gasteiger partial charge in [0.25, 0.3) is 0 Å². The van der Waals surface area contributed by atoms with Gasteiger partial charge in [-0.15, -0.1) is 0 Å². The summed E-state index contributed by atoms with van der Waals surface area (Å²) in [6.07, 6.45) is 2.31. The number of carbonyl (C=O) groups excluding carboxylic acids is 1. The number of esters is 1. The number of hydrogen-bond acceptors (Lipinski definition) is 4. The minimum Gasteiger partial charge on any atom is -0.481 e. The predicted octanol–water partition coefficient (Wildman–Crippen LogP) is 1.02. The van der Waals surface area contributed by atoms with E-state index in [9.17, 15) is 9.59 Å². The standard InChI is InChI=1S/C10H16O5/c1-14-6-15-10(13)8-4-2-7(3-5-8)9(11)12/h7-8H,2-6H2,1H3,(H,11,12). The van der Waals surface area contributed by atoms with Crippen LogP contribution in [0, 0.1) is 11.8 Å². The summed E-state index contributed by atoms with van der Waals surface area (Å²) < 4.78 is 9.44. The van der Waals surface area contributed by atoms with Crippen molar-refractivity contribution < 1.29 is 24.2 Å². The van der Waals surface area contributed by atoms with E-state index in [2.05, 4.69) is 4.74 Å². The van der Waals surface area contributed by atoms with Gasteiger partial charge in [0.1, 0.15) is 0 Å². The smallest absolute Gasteiger partial charge is 0.311 e. The van der Waals surface area contributed by atoms with Gasteiger partial charge < -0.3 is 14.6 Å². The highest BCUT2D eigenvalue weighted by atomic mass is 16.7. The lowest BCUT2D eigenvalue weighted by molar-refractivity contribution is -0.161. The highest BCUT2D eigenvalue weighted by molar-refractivity contribution is 5.74. The molecule has 0 atom stereocenters. The monoisotopic (exact) mass is 216 g/mol. The van der Waals surface area contributed by atoms with E-state index in [0.717, 1.165) is 0 Å². The quantitative estimate of drug-likeness (QED) is 0.561. The molecular weight excluding hydrogens is 200 g/mol. The molecule has 1 fully saturated rings. The van der Waals surface area contributed by atoms with Crippen LogP contribution in [-0.2, 0) is 19.1 Å². The maximum atomic E-state index is 11.4. The summed E-state index contributed by atoms with van der Waals surface area (Å²) in [5.41, 5.74) is 0. The fraction of sp³-hybridized carbons (Fsp3) is 0.800. The van der Waals surface area contributed by atoms with Gasteiger partial charge in [0.05, 0.1) is 11.8 Å². The molecule has 15 heavy (non-hydrogen) atoms. The number of methoxy groups -OCH3 is 1. The molecule has 0 aliphatic heterocycles. The Morgan fingerprint density at radius 1 is 1.20 bits per heavy atom. The lowest BCUT2D eigenvalue weighted by Gasteiger charge is -2.24. The molecule has 0 unspecified atom stereocenters. The summed E-state index contributed by atoms with van der Waals surface area (Å²) in [4.78, 5) is 22.1. The third kappa shape index (κ3) is 3.51. The molecular formula is C10H16O5. The van der Waals surface area contributed by atoms with Gasteiger partial charge in [0, 0.05) is 7.11 Å². The number of hydrogen-bond donors (Lipinski definition) is 1. The van der Waals surface area contributed by atoms with E-state index in [-0.39, 0.29) is 24.6 Å². The van der Waals surface area contributed by atoms with Gasteiger partial charge in [-0.25, -0.2) is 0 Å². The molecule has 0 radical (unpaired) electrons. The van der Waals surface area contributed by atoms with Crippen LogP contribution in [0.15, 0.2) is 0 Å². The number of carboxylic acid groups (broad SMARTS) is 1. The first kappa shape index (κ1) is 12.0.